The van der Waals surface area contributed by atoms with E-state index in [1.54, 1.807) is 7.11 Å². The maximum Gasteiger partial charge on any atom is 0.314 e. The molecule has 9 rings (SSSR count). The van der Waals surface area contributed by atoms with Gasteiger partial charge in [-0.2, -0.15) is 0 Å². The molecule has 9 aliphatic rings. The number of methoxy groups -OCH3 is 1. The van der Waals surface area contributed by atoms with Crippen molar-refractivity contribution in [3.63, 3.8) is 0 Å². The Morgan fingerprint density at radius 2 is 1.73 bits per heavy atom. The molecule has 9 fully saturated rings. The van der Waals surface area contributed by atoms with Crippen molar-refractivity contribution in [2.45, 2.75) is 36.6 Å². The predicted octanol–water partition coefficient (Wildman–Crippen LogP) is 2.64. The summed E-state index contributed by atoms with van der Waals surface area (Å²) >= 11 is 3.97. The molecule has 1 saturated heterocycles. The molecular weight excluding hydrogens is 396 g/mol. The highest BCUT2D eigenvalue weighted by Gasteiger charge is 3.02. The zero-order valence-electron chi connectivity index (χ0n) is 14.8. The summed E-state index contributed by atoms with van der Waals surface area (Å²) in [5, 5.41) is 0. The molecule has 138 valence electrons. The monoisotopic (exact) mass is 418 g/mol. The lowest BCUT2D eigenvalue weighted by molar-refractivity contribution is -0.232. The fourth-order valence-electron chi connectivity index (χ4n) is 11.8. The van der Waals surface area contributed by atoms with Crippen molar-refractivity contribution in [1.82, 2.24) is 0 Å². The Kier molecular flexibility index (Phi) is 2.10. The van der Waals surface area contributed by atoms with Crippen LogP contribution in [0.2, 0.25) is 0 Å². The van der Waals surface area contributed by atoms with Crippen LogP contribution in [0.25, 0.3) is 0 Å². The number of ether oxygens (including phenoxy) is 2. The summed E-state index contributed by atoms with van der Waals surface area (Å²) in [5.41, 5.74) is -1.08. The van der Waals surface area contributed by atoms with Gasteiger partial charge in [-0.15, -0.1) is 0 Å². The molecular formula is C21H23BrO4. The molecule has 1 heterocycles. The smallest absolute Gasteiger partial charge is 0.314 e. The Labute approximate surface area is 160 Å². The van der Waals surface area contributed by atoms with Gasteiger partial charge in [-0.3, -0.25) is 9.59 Å². The van der Waals surface area contributed by atoms with E-state index in [1.807, 2.05) is 0 Å². The Morgan fingerprint density at radius 3 is 2.54 bits per heavy atom. The lowest BCUT2D eigenvalue weighted by atomic mass is 9.43. The Balaban J connectivity index is 1.47. The normalized spacial score (nSPS) is 71.7. The molecule has 5 heteroatoms. The standard InChI is InChI=1S/C21H23BrO4/c1-25-18(23)20-15-7-3-5-9-11(7)17-13(15)12-14(21(17,20)19(24)26-9)6-2-4-8(22)10(6)16(12)20/h6-17H,2-5H2,1H3/t6-,7+,8-,9+,10+,11+,12-,13+,14-,15+,16-,17+,20-,21+/m0/s1. The lowest BCUT2D eigenvalue weighted by Crippen LogP contribution is -2.68. The van der Waals surface area contributed by atoms with Gasteiger partial charge in [0.1, 0.15) is 6.10 Å². The highest BCUT2D eigenvalue weighted by Crippen LogP contribution is 2.98. The number of hydrogen-bond acceptors (Lipinski definition) is 4. The Hall–Kier alpha value is -0.580. The summed E-state index contributed by atoms with van der Waals surface area (Å²) < 4.78 is 11.7. The molecule has 0 radical (unpaired) electrons. The molecule has 0 unspecified atom stereocenters. The van der Waals surface area contributed by atoms with Crippen molar-refractivity contribution in [3.8, 4) is 0 Å². The third-order valence-electron chi connectivity index (χ3n) is 11.2. The van der Waals surface area contributed by atoms with E-state index in [4.69, 9.17) is 9.47 Å². The summed E-state index contributed by atoms with van der Waals surface area (Å²) in [6.45, 7) is 0. The van der Waals surface area contributed by atoms with Crippen molar-refractivity contribution >= 4 is 27.9 Å². The van der Waals surface area contributed by atoms with Crippen molar-refractivity contribution in [2.75, 3.05) is 7.11 Å². The van der Waals surface area contributed by atoms with Crippen LogP contribution in [-0.4, -0.2) is 30.0 Å². The molecule has 1 aliphatic heterocycles. The molecule has 4 nitrogen and oxygen atoms in total. The van der Waals surface area contributed by atoms with E-state index in [-0.39, 0.29) is 18.0 Å². The summed E-state index contributed by atoms with van der Waals surface area (Å²) in [5.74, 6) is 5.01. The minimum absolute atomic E-state index is 0.00784. The second-order valence-corrected chi connectivity index (χ2v) is 11.8. The number of rotatable bonds is 1. The minimum atomic E-state index is -0.558. The number of carbonyl (C=O) groups excluding carboxylic acids is 2. The van der Waals surface area contributed by atoms with Crippen molar-refractivity contribution < 1.29 is 19.1 Å². The number of halogens is 1. The minimum Gasteiger partial charge on any atom is -0.469 e. The van der Waals surface area contributed by atoms with Crippen LogP contribution in [0.15, 0.2) is 0 Å². The average Bonchev–Trinajstić information content (AvgIpc) is 3.41. The van der Waals surface area contributed by atoms with Gasteiger partial charge in [0.25, 0.3) is 0 Å². The van der Waals surface area contributed by atoms with E-state index in [9.17, 15) is 9.59 Å². The molecule has 14 atom stereocenters. The third-order valence-corrected chi connectivity index (χ3v) is 12.2. The van der Waals surface area contributed by atoms with Gasteiger partial charge in [0.15, 0.2) is 0 Å². The molecule has 0 aromatic carbocycles. The van der Waals surface area contributed by atoms with Gasteiger partial charge in [-0.05, 0) is 78.9 Å². The summed E-state index contributed by atoms with van der Waals surface area (Å²) in [6.07, 6.45) is 4.71. The fraction of sp³-hybridized carbons (Fsp3) is 0.905. The van der Waals surface area contributed by atoms with Gasteiger partial charge >= 0.3 is 11.9 Å². The molecule has 8 aliphatic carbocycles. The maximum absolute atomic E-state index is 13.7. The lowest BCUT2D eigenvalue weighted by Gasteiger charge is -2.60. The largest absolute Gasteiger partial charge is 0.469 e. The van der Waals surface area contributed by atoms with Gasteiger partial charge in [0.2, 0.25) is 0 Å². The average molecular weight is 419 g/mol. The van der Waals surface area contributed by atoms with E-state index < -0.39 is 10.8 Å². The molecule has 26 heavy (non-hydrogen) atoms. The number of hydrogen-bond donors (Lipinski definition) is 0. The summed E-state index contributed by atoms with van der Waals surface area (Å²) in [4.78, 5) is 27.8. The van der Waals surface area contributed by atoms with Crippen molar-refractivity contribution in [1.29, 1.82) is 0 Å². The van der Waals surface area contributed by atoms with Gasteiger partial charge in [-0.25, -0.2) is 0 Å². The number of esters is 2. The highest BCUT2D eigenvalue weighted by molar-refractivity contribution is 9.09. The van der Waals surface area contributed by atoms with Crippen LogP contribution in [0.3, 0.4) is 0 Å². The first-order valence-electron chi connectivity index (χ1n) is 10.5. The number of alkyl halides is 1. The fourth-order valence-corrected chi connectivity index (χ4v) is 12.8. The molecule has 0 amide bonds. The van der Waals surface area contributed by atoms with Crippen LogP contribution in [0, 0.1) is 70.0 Å². The van der Waals surface area contributed by atoms with Crippen LogP contribution in [0.5, 0.6) is 0 Å². The highest BCUT2D eigenvalue weighted by atomic mass is 79.9. The first-order valence-corrected chi connectivity index (χ1v) is 11.5. The summed E-state index contributed by atoms with van der Waals surface area (Å²) in [6, 6.07) is 0. The number of fused-ring (bicyclic) bond motifs is 1. The van der Waals surface area contributed by atoms with Crippen LogP contribution in [0.1, 0.15) is 25.7 Å². The van der Waals surface area contributed by atoms with Crippen LogP contribution in [0.4, 0.5) is 0 Å². The zero-order chi connectivity index (χ0) is 17.3. The van der Waals surface area contributed by atoms with Crippen molar-refractivity contribution in [2.24, 2.45) is 70.0 Å². The van der Waals surface area contributed by atoms with Crippen molar-refractivity contribution in [3.05, 3.63) is 0 Å². The molecule has 8 bridgehead atoms. The SMILES string of the molecule is COC(=O)[C@]12[C@@H]3[C@H]4[C@H]5[C@H]6[C@@H]7[C@@H](CC[C@H]7OC(=O)[C@@]61[C@H]4[C@H]1CC[C@H](Br)[C@@H]13)[C@H]52. The second-order valence-electron chi connectivity index (χ2n) is 10.6. The van der Waals surface area contributed by atoms with Crippen LogP contribution in [-0.2, 0) is 19.1 Å². The van der Waals surface area contributed by atoms with E-state index >= 15 is 0 Å². The number of carbonyl (C=O) groups is 2. The first kappa shape index (κ1) is 14.4. The Bertz CT molecular complexity index is 812. The molecule has 1 spiro atoms. The van der Waals surface area contributed by atoms with E-state index in [2.05, 4.69) is 15.9 Å². The van der Waals surface area contributed by atoms with Crippen LogP contribution >= 0.6 is 15.9 Å². The molecule has 8 saturated carbocycles. The van der Waals surface area contributed by atoms with Gasteiger partial charge in [0, 0.05) is 10.7 Å². The molecule has 0 aromatic rings. The first-order chi connectivity index (χ1) is 12.6. The molecule has 0 N–H and O–H groups in total. The molecule has 0 aromatic heterocycles. The van der Waals surface area contributed by atoms with Gasteiger partial charge < -0.3 is 9.47 Å². The quantitative estimate of drug-likeness (QED) is 0.485. The topological polar surface area (TPSA) is 52.6 Å². The van der Waals surface area contributed by atoms with Crippen LogP contribution < -0.4 is 0 Å². The Morgan fingerprint density at radius 1 is 1.00 bits per heavy atom. The summed E-state index contributed by atoms with van der Waals surface area (Å²) in [7, 11) is 1.54. The van der Waals surface area contributed by atoms with E-state index in [0.717, 1.165) is 12.8 Å². The van der Waals surface area contributed by atoms with Gasteiger partial charge in [-0.1, -0.05) is 15.9 Å². The zero-order valence-corrected chi connectivity index (χ0v) is 16.4. The van der Waals surface area contributed by atoms with E-state index in [1.165, 1.54) is 12.8 Å². The third kappa shape index (κ3) is 0.931. The maximum atomic E-state index is 13.7. The predicted molar refractivity (Wildman–Crippen MR) is 92.8 cm³/mol. The van der Waals surface area contributed by atoms with Gasteiger partial charge in [0.05, 0.1) is 17.9 Å². The second kappa shape index (κ2) is 3.79. The van der Waals surface area contributed by atoms with E-state index in [0.29, 0.717) is 64.0 Å².